The summed E-state index contributed by atoms with van der Waals surface area (Å²) in [6, 6.07) is 0.897. The van der Waals surface area contributed by atoms with Gasteiger partial charge in [-0.05, 0) is 6.07 Å². The first-order valence-electron chi connectivity index (χ1n) is 5.53. The van der Waals surface area contributed by atoms with E-state index in [1.807, 2.05) is 0 Å². The molecule has 1 saturated heterocycles. The topological polar surface area (TPSA) is 75.5 Å². The lowest BCUT2D eigenvalue weighted by Crippen LogP contribution is -2.57. The third-order valence-electron chi connectivity index (χ3n) is 3.09. The summed E-state index contributed by atoms with van der Waals surface area (Å²) in [6.07, 6.45) is 0. The number of nitrogens with one attached hydrogen (secondary N) is 1. The van der Waals surface area contributed by atoms with E-state index in [4.69, 9.17) is 0 Å². The second kappa shape index (κ2) is 4.88. The lowest BCUT2D eigenvalue weighted by Gasteiger charge is -2.35. The number of nitro benzene ring substituents is 1. The number of benzene rings is 1. The van der Waals surface area contributed by atoms with E-state index in [2.05, 4.69) is 5.32 Å². The van der Waals surface area contributed by atoms with Crippen molar-refractivity contribution in [2.45, 2.75) is 6.04 Å². The molecular formula is C11H11F2N3O3. The second-order valence-corrected chi connectivity index (χ2v) is 4.27. The number of nitrogens with zero attached hydrogens (tertiary/aromatic N) is 2. The van der Waals surface area contributed by atoms with Crippen LogP contribution in [0.1, 0.15) is 10.4 Å². The maximum atomic E-state index is 13.2. The summed E-state index contributed by atoms with van der Waals surface area (Å²) in [6.45, 7) is 1.14. The Bertz CT molecular complexity index is 546. The highest BCUT2D eigenvalue weighted by molar-refractivity contribution is 5.98. The van der Waals surface area contributed by atoms with Crippen LogP contribution in [0.25, 0.3) is 0 Å². The van der Waals surface area contributed by atoms with E-state index in [1.54, 1.807) is 0 Å². The first kappa shape index (κ1) is 13.3. The first-order valence-corrected chi connectivity index (χ1v) is 5.53. The number of hydrogen-bond donors (Lipinski definition) is 1. The summed E-state index contributed by atoms with van der Waals surface area (Å²) in [4.78, 5) is 23.3. The van der Waals surface area contributed by atoms with Gasteiger partial charge in [0.1, 0.15) is 5.56 Å². The predicted octanol–water partition coefficient (Wildman–Crippen LogP) is 0.917. The van der Waals surface area contributed by atoms with E-state index in [-0.39, 0.29) is 6.04 Å². The largest absolute Gasteiger partial charge is 0.336 e. The van der Waals surface area contributed by atoms with E-state index >= 15 is 0 Å². The van der Waals surface area contributed by atoms with Gasteiger partial charge in [0.2, 0.25) is 0 Å². The highest BCUT2D eigenvalue weighted by atomic mass is 19.2. The average molecular weight is 271 g/mol. The Hall–Kier alpha value is -2.09. The molecule has 1 aromatic carbocycles. The van der Waals surface area contributed by atoms with Gasteiger partial charge in [-0.25, -0.2) is 8.78 Å². The molecule has 1 aliphatic heterocycles. The molecule has 0 unspecified atom stereocenters. The van der Waals surface area contributed by atoms with Gasteiger partial charge in [0.25, 0.3) is 11.6 Å². The minimum Gasteiger partial charge on any atom is -0.336 e. The van der Waals surface area contributed by atoms with Crippen LogP contribution >= 0.6 is 0 Å². The third-order valence-corrected chi connectivity index (χ3v) is 3.09. The second-order valence-electron chi connectivity index (χ2n) is 4.27. The van der Waals surface area contributed by atoms with Crippen molar-refractivity contribution in [1.29, 1.82) is 0 Å². The van der Waals surface area contributed by atoms with Crippen LogP contribution in [0, 0.1) is 21.7 Å². The Morgan fingerprint density at radius 1 is 1.42 bits per heavy atom. The SMILES string of the molecule is CN(C(=O)c1cc(F)c(F)cc1[N+](=O)[O-])C1CNC1. The average Bonchev–Trinajstić information content (AvgIpc) is 2.28. The van der Waals surface area contributed by atoms with Crippen LogP contribution < -0.4 is 5.32 Å². The number of carbonyl (C=O) groups excluding carboxylic acids is 1. The molecule has 0 saturated carbocycles. The van der Waals surface area contributed by atoms with Crippen molar-refractivity contribution in [3.05, 3.63) is 39.4 Å². The van der Waals surface area contributed by atoms with Gasteiger partial charge in [-0.1, -0.05) is 0 Å². The van der Waals surface area contributed by atoms with Crippen molar-refractivity contribution in [3.8, 4) is 0 Å². The molecular weight excluding hydrogens is 260 g/mol. The Kier molecular flexibility index (Phi) is 3.43. The van der Waals surface area contributed by atoms with E-state index in [1.165, 1.54) is 11.9 Å². The van der Waals surface area contributed by atoms with Gasteiger partial charge in [-0.3, -0.25) is 14.9 Å². The number of hydrogen-bond acceptors (Lipinski definition) is 4. The summed E-state index contributed by atoms with van der Waals surface area (Å²) >= 11 is 0. The molecule has 8 heteroatoms. The standard InChI is InChI=1S/C11H11F2N3O3/c1-15(6-4-14-5-6)11(17)7-2-8(12)9(13)3-10(7)16(18)19/h2-3,6,14H,4-5H2,1H3. The van der Waals surface area contributed by atoms with Gasteiger partial charge in [-0.2, -0.15) is 0 Å². The van der Waals surface area contributed by atoms with Crippen molar-refractivity contribution < 1.29 is 18.5 Å². The molecule has 102 valence electrons. The zero-order chi connectivity index (χ0) is 14.2. The summed E-state index contributed by atoms with van der Waals surface area (Å²) in [5.41, 5.74) is -1.18. The molecule has 2 rings (SSSR count). The zero-order valence-electron chi connectivity index (χ0n) is 10.0. The molecule has 0 spiro atoms. The lowest BCUT2D eigenvalue weighted by molar-refractivity contribution is -0.385. The summed E-state index contributed by atoms with van der Waals surface area (Å²) in [5, 5.41) is 13.7. The molecule has 1 aromatic rings. The van der Waals surface area contributed by atoms with Crippen LogP contribution in [0.3, 0.4) is 0 Å². The molecule has 1 N–H and O–H groups in total. The Labute approximate surface area is 107 Å². The fourth-order valence-corrected chi connectivity index (χ4v) is 1.76. The van der Waals surface area contributed by atoms with Gasteiger partial charge in [-0.15, -0.1) is 0 Å². The molecule has 0 aromatic heterocycles. The molecule has 1 fully saturated rings. The van der Waals surface area contributed by atoms with E-state index in [9.17, 15) is 23.7 Å². The smallest absolute Gasteiger partial charge is 0.285 e. The van der Waals surface area contributed by atoms with Crippen molar-refractivity contribution in [3.63, 3.8) is 0 Å². The predicted molar refractivity (Wildman–Crippen MR) is 61.8 cm³/mol. The van der Waals surface area contributed by atoms with Crippen LogP contribution in [0.2, 0.25) is 0 Å². The van der Waals surface area contributed by atoms with Crippen LogP contribution in [0.4, 0.5) is 14.5 Å². The Balaban J connectivity index is 2.39. The summed E-state index contributed by atoms with van der Waals surface area (Å²) in [5.74, 6) is -3.33. The minimum atomic E-state index is -1.35. The molecule has 1 aliphatic rings. The summed E-state index contributed by atoms with van der Waals surface area (Å²) in [7, 11) is 1.47. The van der Waals surface area contributed by atoms with Crippen LogP contribution in [-0.2, 0) is 0 Å². The van der Waals surface area contributed by atoms with E-state index in [0.29, 0.717) is 25.2 Å². The van der Waals surface area contributed by atoms with Gasteiger partial charge in [0.05, 0.1) is 17.0 Å². The monoisotopic (exact) mass is 271 g/mol. The number of likely N-dealkylation sites (N-methyl/N-ethyl adjacent to an activating group) is 1. The van der Waals surface area contributed by atoms with Crippen molar-refractivity contribution in [2.24, 2.45) is 0 Å². The maximum Gasteiger partial charge on any atom is 0.285 e. The molecule has 19 heavy (non-hydrogen) atoms. The fourth-order valence-electron chi connectivity index (χ4n) is 1.76. The number of nitro groups is 1. The third kappa shape index (κ3) is 2.39. The molecule has 0 aliphatic carbocycles. The molecule has 0 bridgehead atoms. The first-order chi connectivity index (χ1) is 8.91. The van der Waals surface area contributed by atoms with E-state index in [0.717, 1.165) is 0 Å². The molecule has 6 nitrogen and oxygen atoms in total. The highest BCUT2D eigenvalue weighted by Gasteiger charge is 2.31. The molecule has 0 radical (unpaired) electrons. The highest BCUT2D eigenvalue weighted by Crippen LogP contribution is 2.24. The van der Waals surface area contributed by atoms with Crippen LogP contribution in [-0.4, -0.2) is 41.9 Å². The molecule has 0 atom stereocenters. The summed E-state index contributed by atoms with van der Waals surface area (Å²) < 4.78 is 26.2. The number of halogens is 2. The van der Waals surface area contributed by atoms with Gasteiger partial charge >= 0.3 is 0 Å². The van der Waals surface area contributed by atoms with Crippen LogP contribution in [0.5, 0.6) is 0 Å². The Morgan fingerprint density at radius 3 is 2.47 bits per heavy atom. The molecule has 1 amide bonds. The number of amides is 1. The lowest BCUT2D eigenvalue weighted by atomic mass is 10.1. The minimum absolute atomic E-state index is 0.0970. The van der Waals surface area contributed by atoms with Gasteiger partial charge < -0.3 is 10.2 Å². The Morgan fingerprint density at radius 2 is 2.00 bits per heavy atom. The van der Waals surface area contributed by atoms with E-state index < -0.39 is 33.7 Å². The quantitative estimate of drug-likeness (QED) is 0.655. The van der Waals surface area contributed by atoms with Crippen LogP contribution in [0.15, 0.2) is 12.1 Å². The zero-order valence-corrected chi connectivity index (χ0v) is 10.0. The normalized spacial score (nSPS) is 14.9. The fraction of sp³-hybridized carbons (Fsp3) is 0.364. The van der Waals surface area contributed by atoms with Gasteiger partial charge in [0, 0.05) is 20.1 Å². The van der Waals surface area contributed by atoms with Crippen molar-refractivity contribution in [1.82, 2.24) is 10.2 Å². The number of carbonyl (C=O) groups is 1. The van der Waals surface area contributed by atoms with Crippen molar-refractivity contribution in [2.75, 3.05) is 20.1 Å². The maximum absolute atomic E-state index is 13.2. The van der Waals surface area contributed by atoms with Gasteiger partial charge in [0.15, 0.2) is 11.6 Å². The van der Waals surface area contributed by atoms with Crippen molar-refractivity contribution >= 4 is 11.6 Å². The molecule has 1 heterocycles. The number of rotatable bonds is 3.